The Hall–Kier alpha value is -2.57. The summed E-state index contributed by atoms with van der Waals surface area (Å²) in [4.78, 5) is 18.9. The highest BCUT2D eigenvalue weighted by atomic mass is 35.5. The van der Waals surface area contributed by atoms with Crippen molar-refractivity contribution in [3.63, 3.8) is 0 Å². The molecule has 1 fully saturated rings. The first-order chi connectivity index (χ1) is 13.1. The summed E-state index contributed by atoms with van der Waals surface area (Å²) in [5, 5.41) is 0.648. The van der Waals surface area contributed by atoms with E-state index in [0.29, 0.717) is 36.3 Å². The number of aryl methyl sites for hydroxylation is 1. The van der Waals surface area contributed by atoms with Crippen LogP contribution in [0.4, 0.5) is 0 Å². The molecular weight excluding hydrogens is 368 g/mol. The summed E-state index contributed by atoms with van der Waals surface area (Å²) < 4.78 is 16.9. The van der Waals surface area contributed by atoms with Crippen molar-refractivity contribution in [1.29, 1.82) is 0 Å². The van der Waals surface area contributed by atoms with Crippen molar-refractivity contribution in [2.24, 2.45) is 0 Å². The van der Waals surface area contributed by atoms with Gasteiger partial charge in [-0.1, -0.05) is 11.6 Å². The van der Waals surface area contributed by atoms with Gasteiger partial charge >= 0.3 is 0 Å². The number of carbonyl (C=O) groups is 1. The lowest BCUT2D eigenvalue weighted by molar-refractivity contribution is -0.139. The van der Waals surface area contributed by atoms with Crippen LogP contribution in [-0.4, -0.2) is 35.5 Å². The smallest absolute Gasteiger partial charge is 0.228 e. The van der Waals surface area contributed by atoms with Crippen molar-refractivity contribution >= 4 is 17.5 Å². The van der Waals surface area contributed by atoms with E-state index in [2.05, 4.69) is 4.98 Å². The standard InChI is InChI=1S/C20H19ClN2O4/c1-13-2-7-17(27-13)18-11-23(8-9-25-18)19(24)10-16-12-26-20(22-16)14-3-5-15(21)6-4-14/h2-7,12,18H,8-11H2,1H3. The van der Waals surface area contributed by atoms with Crippen LogP contribution in [0.3, 0.4) is 0 Å². The molecule has 27 heavy (non-hydrogen) atoms. The number of ether oxygens (including phenoxy) is 1. The molecule has 1 unspecified atom stereocenters. The minimum Gasteiger partial charge on any atom is -0.464 e. The van der Waals surface area contributed by atoms with Crippen molar-refractivity contribution in [1.82, 2.24) is 9.88 Å². The van der Waals surface area contributed by atoms with Gasteiger partial charge in [0.1, 0.15) is 23.9 Å². The van der Waals surface area contributed by atoms with Gasteiger partial charge in [-0.3, -0.25) is 4.79 Å². The van der Waals surface area contributed by atoms with Crippen LogP contribution in [-0.2, 0) is 16.0 Å². The Bertz CT molecular complexity index is 932. The summed E-state index contributed by atoms with van der Waals surface area (Å²) in [5.41, 5.74) is 1.42. The predicted molar refractivity (Wildman–Crippen MR) is 99.4 cm³/mol. The van der Waals surface area contributed by atoms with Gasteiger partial charge in [0, 0.05) is 17.1 Å². The van der Waals surface area contributed by atoms with E-state index in [4.69, 9.17) is 25.2 Å². The number of furan rings is 1. The largest absolute Gasteiger partial charge is 0.464 e. The van der Waals surface area contributed by atoms with Gasteiger partial charge in [-0.2, -0.15) is 0 Å². The van der Waals surface area contributed by atoms with Crippen LogP contribution in [0.25, 0.3) is 11.5 Å². The number of hydrogen-bond acceptors (Lipinski definition) is 5. The quantitative estimate of drug-likeness (QED) is 0.676. The molecule has 1 aliphatic rings. The highest BCUT2D eigenvalue weighted by Gasteiger charge is 2.27. The summed E-state index contributed by atoms with van der Waals surface area (Å²) >= 11 is 5.90. The Balaban J connectivity index is 1.41. The molecule has 140 valence electrons. The summed E-state index contributed by atoms with van der Waals surface area (Å²) in [6, 6.07) is 11.0. The molecule has 1 aromatic carbocycles. The van der Waals surface area contributed by atoms with Crippen molar-refractivity contribution < 1.29 is 18.4 Å². The molecule has 1 aliphatic heterocycles. The van der Waals surface area contributed by atoms with Gasteiger partial charge in [0.15, 0.2) is 0 Å². The number of amides is 1. The maximum atomic E-state index is 12.7. The fourth-order valence-electron chi connectivity index (χ4n) is 3.05. The molecular formula is C20H19ClN2O4. The number of rotatable bonds is 4. The topological polar surface area (TPSA) is 68.7 Å². The molecule has 4 rings (SSSR count). The predicted octanol–water partition coefficient (Wildman–Crippen LogP) is 4.04. The van der Waals surface area contributed by atoms with Crippen LogP contribution in [0.15, 0.2) is 51.5 Å². The van der Waals surface area contributed by atoms with E-state index in [-0.39, 0.29) is 18.4 Å². The van der Waals surface area contributed by atoms with Crippen LogP contribution < -0.4 is 0 Å². The molecule has 0 N–H and O–H groups in total. The van der Waals surface area contributed by atoms with Crippen LogP contribution in [0.1, 0.15) is 23.3 Å². The van der Waals surface area contributed by atoms with Crippen molar-refractivity contribution in [3.05, 3.63) is 64.9 Å². The van der Waals surface area contributed by atoms with E-state index in [0.717, 1.165) is 17.1 Å². The zero-order valence-corrected chi connectivity index (χ0v) is 15.6. The highest BCUT2D eigenvalue weighted by molar-refractivity contribution is 6.30. The van der Waals surface area contributed by atoms with Gasteiger partial charge < -0.3 is 18.5 Å². The lowest BCUT2D eigenvalue weighted by Crippen LogP contribution is -2.42. The van der Waals surface area contributed by atoms with Crippen molar-refractivity contribution in [2.75, 3.05) is 19.7 Å². The lowest BCUT2D eigenvalue weighted by atomic mass is 10.2. The number of nitrogens with zero attached hydrogens (tertiary/aromatic N) is 2. The van der Waals surface area contributed by atoms with Crippen molar-refractivity contribution in [2.45, 2.75) is 19.4 Å². The number of carbonyl (C=O) groups excluding carboxylic acids is 1. The maximum absolute atomic E-state index is 12.7. The third-order valence-electron chi connectivity index (χ3n) is 4.47. The Kier molecular flexibility index (Phi) is 5.01. The zero-order valence-electron chi connectivity index (χ0n) is 14.9. The van der Waals surface area contributed by atoms with Crippen LogP contribution in [0.5, 0.6) is 0 Å². The van der Waals surface area contributed by atoms with Crippen LogP contribution in [0.2, 0.25) is 5.02 Å². The molecule has 0 bridgehead atoms. The average molecular weight is 387 g/mol. The average Bonchev–Trinajstić information content (AvgIpc) is 3.32. The second-order valence-corrected chi connectivity index (χ2v) is 6.91. The Morgan fingerprint density at radius 3 is 2.81 bits per heavy atom. The maximum Gasteiger partial charge on any atom is 0.228 e. The Morgan fingerprint density at radius 2 is 2.07 bits per heavy atom. The van der Waals surface area contributed by atoms with E-state index in [1.54, 1.807) is 17.0 Å². The van der Waals surface area contributed by atoms with E-state index in [9.17, 15) is 4.79 Å². The summed E-state index contributed by atoms with van der Waals surface area (Å²) in [7, 11) is 0. The molecule has 7 heteroatoms. The summed E-state index contributed by atoms with van der Waals surface area (Å²) in [6.07, 6.45) is 1.47. The van der Waals surface area contributed by atoms with Gasteiger partial charge in [-0.15, -0.1) is 0 Å². The highest BCUT2D eigenvalue weighted by Crippen LogP contribution is 2.25. The number of halogens is 1. The molecule has 1 saturated heterocycles. The molecule has 6 nitrogen and oxygen atoms in total. The molecule has 1 atom stereocenters. The molecule has 0 spiro atoms. The third kappa shape index (κ3) is 4.07. The fraction of sp³-hybridized carbons (Fsp3) is 0.300. The second kappa shape index (κ2) is 7.58. The van der Waals surface area contributed by atoms with E-state index < -0.39 is 0 Å². The van der Waals surface area contributed by atoms with Gasteiger partial charge in [-0.25, -0.2) is 4.98 Å². The summed E-state index contributed by atoms with van der Waals surface area (Å²) in [6.45, 7) is 3.38. The Labute approximate surface area is 161 Å². The number of oxazole rings is 1. The molecule has 3 aromatic rings. The number of aromatic nitrogens is 1. The normalized spacial score (nSPS) is 17.3. The molecule has 0 aliphatic carbocycles. The lowest BCUT2D eigenvalue weighted by Gasteiger charge is -2.31. The van der Waals surface area contributed by atoms with Gasteiger partial charge in [0.25, 0.3) is 0 Å². The first-order valence-electron chi connectivity index (χ1n) is 8.74. The number of benzene rings is 1. The van der Waals surface area contributed by atoms with Crippen LogP contribution >= 0.6 is 11.6 Å². The third-order valence-corrected chi connectivity index (χ3v) is 4.72. The monoisotopic (exact) mass is 386 g/mol. The van der Waals surface area contributed by atoms with Crippen LogP contribution in [0, 0.1) is 6.92 Å². The molecule has 0 radical (unpaired) electrons. The number of hydrogen-bond donors (Lipinski definition) is 0. The molecule has 1 amide bonds. The molecule has 3 heterocycles. The minimum atomic E-state index is -0.238. The van der Waals surface area contributed by atoms with Gasteiger partial charge in [0.2, 0.25) is 11.8 Å². The van der Waals surface area contributed by atoms with E-state index >= 15 is 0 Å². The molecule has 0 saturated carbocycles. The second-order valence-electron chi connectivity index (χ2n) is 6.48. The van der Waals surface area contributed by atoms with Gasteiger partial charge in [-0.05, 0) is 43.3 Å². The summed E-state index contributed by atoms with van der Waals surface area (Å²) in [5.74, 6) is 2.04. The number of morpholine rings is 1. The Morgan fingerprint density at radius 1 is 1.26 bits per heavy atom. The van der Waals surface area contributed by atoms with Crippen molar-refractivity contribution in [3.8, 4) is 11.5 Å². The zero-order chi connectivity index (χ0) is 18.8. The fourth-order valence-corrected chi connectivity index (χ4v) is 3.18. The molecule has 2 aromatic heterocycles. The first kappa shape index (κ1) is 17.8. The van der Waals surface area contributed by atoms with E-state index in [1.165, 1.54) is 6.26 Å². The SMILES string of the molecule is Cc1ccc(C2CN(C(=O)Cc3coc(-c4ccc(Cl)cc4)n3)CCO2)o1. The van der Waals surface area contributed by atoms with E-state index in [1.807, 2.05) is 31.2 Å². The first-order valence-corrected chi connectivity index (χ1v) is 9.12. The van der Waals surface area contributed by atoms with Gasteiger partial charge in [0.05, 0.1) is 25.3 Å². The minimum absolute atomic E-state index is 0.0115.